The van der Waals surface area contributed by atoms with Crippen LogP contribution in [0.15, 0.2) is 0 Å². The predicted molar refractivity (Wildman–Crippen MR) is 33.6 cm³/mol. The van der Waals surface area contributed by atoms with Crippen LogP contribution in [0.25, 0.3) is 0 Å². The number of carbonyl (C=O) groups is 2. The molecule has 0 amide bonds. The molecule has 0 aromatic carbocycles. The van der Waals surface area contributed by atoms with Gasteiger partial charge in [-0.1, -0.05) is 0 Å². The smallest absolute Gasteiger partial charge is 0.412 e. The third-order valence-corrected chi connectivity index (χ3v) is 0.726. The van der Waals surface area contributed by atoms with Gasteiger partial charge in [-0.2, -0.15) is 13.2 Å². The molecule has 0 atom stereocenters. The second-order valence-electron chi connectivity index (χ2n) is 1.80. The number of hydrogen-bond donors (Lipinski definition) is 0. The Morgan fingerprint density at radius 1 is 1.15 bits per heavy atom. The number of hydrogen-bond acceptors (Lipinski definition) is 2. The van der Waals surface area contributed by atoms with Crippen molar-refractivity contribution >= 4 is 11.6 Å². The van der Waals surface area contributed by atoms with Gasteiger partial charge in [-0.15, -0.1) is 0 Å². The molecule has 4 nitrogen and oxygen atoms in total. The van der Waals surface area contributed by atoms with Gasteiger partial charge in [0.25, 0.3) is 0 Å². The minimum Gasteiger partial charge on any atom is -0.412 e. The summed E-state index contributed by atoms with van der Waals surface area (Å²) in [5.74, 6) is -2.76. The predicted octanol–water partition coefficient (Wildman–Crippen LogP) is -0.555. The van der Waals surface area contributed by atoms with E-state index in [4.69, 9.17) is 0 Å². The Labute approximate surface area is 82.0 Å². The zero-order chi connectivity index (χ0) is 8.36. The van der Waals surface area contributed by atoms with Crippen molar-refractivity contribution in [3.05, 3.63) is 0 Å². The molecule has 4 N–H and O–H groups in total. The third-order valence-electron chi connectivity index (χ3n) is 0.726. The van der Waals surface area contributed by atoms with Crippen molar-refractivity contribution in [1.29, 1.82) is 0 Å². The molecule has 0 saturated heterocycles. The molecule has 0 bridgehead atoms. The average Bonchev–Trinajstić information content (AvgIpc) is 1.60. The molecule has 0 rings (SSSR count). The molecule has 0 spiro atoms. The summed E-state index contributed by atoms with van der Waals surface area (Å²) in [6.07, 6.45) is -5.92. The zero-order valence-corrected chi connectivity index (χ0v) is 7.46. The standard InChI is InChI=1S/C5H5F3O2.Ni.2H2O/c1-3(9)2-4(10)5(6,7)8;;;/h2H2,1H3;;2*1H2. The van der Waals surface area contributed by atoms with E-state index < -0.39 is 24.2 Å². The molecule has 0 radical (unpaired) electrons. The van der Waals surface area contributed by atoms with E-state index in [0.717, 1.165) is 6.92 Å². The van der Waals surface area contributed by atoms with E-state index in [1.54, 1.807) is 0 Å². The number of halogens is 3. The Morgan fingerprint density at radius 3 is 1.54 bits per heavy atom. The van der Waals surface area contributed by atoms with Gasteiger partial charge in [0.05, 0.1) is 6.42 Å². The summed E-state index contributed by atoms with van der Waals surface area (Å²) in [5.41, 5.74) is 0. The van der Waals surface area contributed by atoms with Crippen molar-refractivity contribution in [2.24, 2.45) is 0 Å². The van der Waals surface area contributed by atoms with Crippen LogP contribution in [-0.2, 0) is 26.1 Å². The first kappa shape index (κ1) is 22.9. The number of alkyl halides is 3. The summed E-state index contributed by atoms with van der Waals surface area (Å²) in [7, 11) is 0. The van der Waals surface area contributed by atoms with Gasteiger partial charge in [-0.25, -0.2) is 0 Å². The van der Waals surface area contributed by atoms with Crippen LogP contribution in [0.4, 0.5) is 13.2 Å². The second-order valence-corrected chi connectivity index (χ2v) is 1.80. The molecule has 0 aliphatic rings. The first-order valence-electron chi connectivity index (χ1n) is 2.43. The quantitative estimate of drug-likeness (QED) is 0.484. The van der Waals surface area contributed by atoms with E-state index >= 15 is 0 Å². The van der Waals surface area contributed by atoms with Crippen LogP contribution in [0.2, 0.25) is 0 Å². The van der Waals surface area contributed by atoms with Gasteiger partial charge in [-0.05, 0) is 6.92 Å². The maximum atomic E-state index is 11.3. The van der Waals surface area contributed by atoms with Gasteiger partial charge >= 0.3 is 6.18 Å². The molecule has 0 aromatic rings. The number of ketones is 2. The molecule has 13 heavy (non-hydrogen) atoms. The van der Waals surface area contributed by atoms with Gasteiger partial charge in [0.2, 0.25) is 5.78 Å². The molecule has 8 heteroatoms. The Morgan fingerprint density at radius 2 is 1.46 bits per heavy atom. The largest absolute Gasteiger partial charge is 0.450 e. The minimum absolute atomic E-state index is 0. The van der Waals surface area contributed by atoms with E-state index in [1.165, 1.54) is 0 Å². The van der Waals surface area contributed by atoms with Crippen LogP contribution in [0, 0.1) is 0 Å². The van der Waals surface area contributed by atoms with E-state index in [9.17, 15) is 22.8 Å². The normalized spacial score (nSPS) is 8.62. The van der Waals surface area contributed by atoms with E-state index in [2.05, 4.69) is 0 Å². The molecular weight excluding hydrogens is 240 g/mol. The molecule has 84 valence electrons. The zero-order valence-electron chi connectivity index (χ0n) is 6.47. The maximum Gasteiger partial charge on any atom is 0.450 e. The summed E-state index contributed by atoms with van der Waals surface area (Å²) in [6, 6.07) is 0. The Kier molecular flexibility index (Phi) is 14.4. The van der Waals surface area contributed by atoms with Gasteiger partial charge in [0.1, 0.15) is 5.78 Å². The van der Waals surface area contributed by atoms with Gasteiger partial charge in [-0.3, -0.25) is 9.59 Å². The van der Waals surface area contributed by atoms with Gasteiger partial charge < -0.3 is 11.0 Å². The summed E-state index contributed by atoms with van der Waals surface area (Å²) < 4.78 is 33.9. The van der Waals surface area contributed by atoms with Crippen LogP contribution in [0.3, 0.4) is 0 Å². The first-order valence-corrected chi connectivity index (χ1v) is 2.43. The van der Waals surface area contributed by atoms with Crippen LogP contribution < -0.4 is 0 Å². The van der Waals surface area contributed by atoms with E-state index in [1.807, 2.05) is 0 Å². The van der Waals surface area contributed by atoms with E-state index in [-0.39, 0.29) is 27.4 Å². The molecule has 0 fully saturated rings. The molecule has 0 aliphatic heterocycles. The summed E-state index contributed by atoms with van der Waals surface area (Å²) in [5, 5.41) is 0. The summed E-state index contributed by atoms with van der Waals surface area (Å²) in [4.78, 5) is 19.9. The molecular formula is C5H9F3NiO4. The molecule has 0 unspecified atom stereocenters. The SMILES string of the molecule is CC(=O)CC(=O)C(F)(F)F.O.O.[Ni]. The van der Waals surface area contributed by atoms with Crippen molar-refractivity contribution in [2.75, 3.05) is 0 Å². The topological polar surface area (TPSA) is 97.1 Å². The van der Waals surface area contributed by atoms with Crippen LogP contribution in [0.1, 0.15) is 13.3 Å². The van der Waals surface area contributed by atoms with Crippen molar-refractivity contribution in [2.45, 2.75) is 19.5 Å². The van der Waals surface area contributed by atoms with Crippen LogP contribution in [0.5, 0.6) is 0 Å². The molecule has 0 saturated carbocycles. The first-order chi connectivity index (χ1) is 4.34. The van der Waals surface area contributed by atoms with Crippen molar-refractivity contribution in [3.8, 4) is 0 Å². The summed E-state index contributed by atoms with van der Waals surface area (Å²) in [6.45, 7) is 0.934. The summed E-state index contributed by atoms with van der Waals surface area (Å²) >= 11 is 0. The number of carbonyl (C=O) groups excluding carboxylic acids is 2. The van der Waals surface area contributed by atoms with Gasteiger partial charge in [0, 0.05) is 16.5 Å². The van der Waals surface area contributed by atoms with Crippen molar-refractivity contribution < 1.29 is 50.2 Å². The van der Waals surface area contributed by atoms with Crippen molar-refractivity contribution in [1.82, 2.24) is 0 Å². The van der Waals surface area contributed by atoms with Crippen molar-refractivity contribution in [3.63, 3.8) is 0 Å². The molecule has 0 aromatic heterocycles. The fourth-order valence-electron chi connectivity index (χ4n) is 0.326. The Bertz CT molecular complexity index is 168. The Balaban J connectivity index is -0.000000135. The monoisotopic (exact) mass is 248 g/mol. The van der Waals surface area contributed by atoms with Crippen LogP contribution >= 0.6 is 0 Å². The van der Waals surface area contributed by atoms with Gasteiger partial charge in [0.15, 0.2) is 0 Å². The number of rotatable bonds is 2. The fraction of sp³-hybridized carbons (Fsp3) is 0.600. The molecule has 0 aliphatic carbocycles. The Hall–Kier alpha value is -0.456. The van der Waals surface area contributed by atoms with Crippen LogP contribution in [-0.4, -0.2) is 28.7 Å². The van der Waals surface area contributed by atoms with E-state index in [0.29, 0.717) is 0 Å². The second kappa shape index (κ2) is 8.16. The third kappa shape index (κ3) is 11.5. The maximum absolute atomic E-state index is 11.3. The molecule has 0 heterocycles. The average molecular weight is 249 g/mol. The number of Topliss-reactive ketones (excluding diaryl/α,β-unsaturated/α-hetero) is 2. The fourth-order valence-corrected chi connectivity index (χ4v) is 0.326. The minimum atomic E-state index is -4.87.